The fraction of sp³-hybridized carbons (Fsp3) is 0.381. The molecule has 13 rings (SSSR count). The maximum Gasteiger partial charge on any atom is 0.416 e. The fourth-order valence-electron chi connectivity index (χ4n) is 14.2. The van der Waals surface area contributed by atoms with Gasteiger partial charge in [-0.15, -0.1) is 0 Å². The van der Waals surface area contributed by atoms with Crippen LogP contribution in [0.5, 0.6) is 11.5 Å². The zero-order valence-corrected chi connectivity index (χ0v) is 64.0. The highest BCUT2D eigenvalue weighted by molar-refractivity contribution is 6.07. The SMILES string of the molecule is C=CCOC(=O)N1c2cc(OCCCC(=O)Nc3cc(C(=O)Nc4ccc(-c5cc(C)n(C)c5)cc4)n(C)c3)c(C)cc2C(=O)N2CCCC[C@H]2[C@@H]1OC1CCCCO1.Cc1cc2c(cc1OCCCC(=O)Nc1cc(C(=O)Cc3ccc(-c4cc(C)n(C)c4)cc3)n(C)c1)N=C[C@@H]1CCCCN1C2=O.O=C=O.O=C=O. The molecule has 1 unspecified atom stereocenters. The van der Waals surface area contributed by atoms with Crippen LogP contribution in [0.2, 0.25) is 0 Å². The number of nitrogens with one attached hydrogen (secondary N) is 3. The second-order valence-corrected chi connectivity index (χ2v) is 28.1. The van der Waals surface area contributed by atoms with Gasteiger partial charge < -0.3 is 67.7 Å². The van der Waals surface area contributed by atoms with Crippen LogP contribution >= 0.6 is 0 Å². The molecule has 3 N–H and O–H groups in total. The Morgan fingerprint density at radius 2 is 1.13 bits per heavy atom. The van der Waals surface area contributed by atoms with Crippen LogP contribution in [0.3, 0.4) is 0 Å². The Bertz CT molecular complexity index is 4740. The van der Waals surface area contributed by atoms with Crippen molar-refractivity contribution < 1.29 is 76.4 Å². The molecule has 6 amide bonds. The number of carbonyl (C=O) groups excluding carboxylic acids is 11. The minimum Gasteiger partial charge on any atom is -0.493 e. The molecule has 0 bridgehead atoms. The predicted octanol–water partition coefficient (Wildman–Crippen LogP) is 13.1. The van der Waals surface area contributed by atoms with Crippen molar-refractivity contribution in [3.8, 4) is 33.8 Å². The molecule has 111 heavy (non-hydrogen) atoms. The van der Waals surface area contributed by atoms with Crippen molar-refractivity contribution in [3.63, 3.8) is 0 Å². The van der Waals surface area contributed by atoms with E-state index in [2.05, 4.69) is 75.0 Å². The number of fused-ring (bicyclic) bond motifs is 4. The summed E-state index contributed by atoms with van der Waals surface area (Å²) >= 11 is 0. The first-order valence-corrected chi connectivity index (χ1v) is 37.3. The second-order valence-electron chi connectivity index (χ2n) is 28.1. The molecule has 0 saturated carbocycles. The largest absolute Gasteiger partial charge is 0.493 e. The Hall–Kier alpha value is -12.0. The standard InChI is InChI=1S/C45H54N6O8.C37H41N5O4.2CO2/c1-6-20-58-45(55)51-37-26-39(29(2)23-35(37)43(54)50-19-9-7-12-36(50)44(51)59-41-14-8-10-21-57-41)56-22-11-13-40(52)46-34-25-38(49(5)28-34)42(53)47-33-17-15-31(16-18-33)32-24-30(3)48(4)27-32;1-24-16-31-32(38-21-30-8-5-6-14-42(30)37(31)45)20-35(24)46-15-7-9-36(44)39-29-19-33(41(4)23-29)34(43)18-26-10-12-27(13-11-26)28-17-25(2)40(3)22-28;2*2-1-3/h6,15-18,23-28,36,41,44H,1,7-14,19-22H2,2-5H3,(H,46,52)(H,47,53);10-13,16-17,19-23,30H,5-9,14-15,18H2,1-4H3,(H,39,44);;/t36-,41?,44-;30-;;/m00../s1. The first-order valence-electron chi connectivity index (χ1n) is 37.3. The van der Waals surface area contributed by atoms with Gasteiger partial charge >= 0.3 is 18.4 Å². The Kier molecular flexibility index (Phi) is 28.2. The van der Waals surface area contributed by atoms with Crippen molar-refractivity contribution in [2.45, 2.75) is 142 Å². The van der Waals surface area contributed by atoms with Crippen molar-refractivity contribution in [1.29, 1.82) is 0 Å². The maximum atomic E-state index is 14.2. The normalized spacial score (nSPS) is 16.7. The lowest BCUT2D eigenvalue weighted by Gasteiger charge is -2.42. The van der Waals surface area contributed by atoms with Crippen molar-refractivity contribution >= 4 is 88.4 Å². The molecule has 4 aromatic heterocycles. The van der Waals surface area contributed by atoms with Crippen molar-refractivity contribution in [3.05, 3.63) is 185 Å². The zero-order valence-electron chi connectivity index (χ0n) is 64.0. The monoisotopic (exact) mass is 1510 g/mol. The molecule has 5 aliphatic heterocycles. The topological polar surface area (TPSA) is 312 Å². The average Bonchev–Trinajstić information content (AvgIpc) is 1.61. The average molecular weight is 1510 g/mol. The van der Waals surface area contributed by atoms with Crippen LogP contribution in [0.15, 0.2) is 139 Å². The number of benzene rings is 4. The second kappa shape index (κ2) is 38.4. The molecule has 582 valence electrons. The van der Waals surface area contributed by atoms with Gasteiger partial charge in [0.05, 0.1) is 64.9 Å². The first-order chi connectivity index (χ1) is 53.5. The predicted molar refractivity (Wildman–Crippen MR) is 415 cm³/mol. The van der Waals surface area contributed by atoms with E-state index < -0.39 is 24.7 Å². The Balaban J connectivity index is 0.000000226. The summed E-state index contributed by atoms with van der Waals surface area (Å²) < 4.78 is 38.0. The van der Waals surface area contributed by atoms with Gasteiger partial charge in [0.1, 0.15) is 23.8 Å². The third kappa shape index (κ3) is 20.7. The number of Topliss-reactive ketones (excluding diaryl/α,β-unsaturated/α-hetero) is 1. The molecule has 27 heteroatoms. The number of ketones is 1. The minimum atomic E-state index is -0.847. The van der Waals surface area contributed by atoms with Crippen LogP contribution in [-0.2, 0) is 77.6 Å². The summed E-state index contributed by atoms with van der Waals surface area (Å²) in [5.41, 5.74) is 13.9. The number of anilines is 4. The Morgan fingerprint density at radius 1 is 0.586 bits per heavy atom. The molecule has 4 aromatic carbocycles. The molecule has 9 heterocycles. The van der Waals surface area contributed by atoms with E-state index in [1.807, 2.05) is 112 Å². The molecule has 3 saturated heterocycles. The molecule has 0 spiro atoms. The highest BCUT2D eigenvalue weighted by Crippen LogP contribution is 2.41. The van der Waals surface area contributed by atoms with Crippen molar-refractivity contribution in [2.24, 2.45) is 33.2 Å². The molecule has 0 radical (unpaired) electrons. The van der Waals surface area contributed by atoms with E-state index in [0.717, 1.165) is 90.6 Å². The lowest BCUT2D eigenvalue weighted by molar-refractivity contribution is -0.198. The number of aromatic nitrogens is 4. The van der Waals surface area contributed by atoms with Crippen LogP contribution in [-0.4, -0.2) is 152 Å². The number of nitrogens with zero attached hydrogens (tertiary/aromatic N) is 8. The smallest absolute Gasteiger partial charge is 0.416 e. The number of ether oxygens (including phenoxy) is 5. The van der Waals surface area contributed by atoms with Gasteiger partial charge in [-0.3, -0.25) is 33.8 Å². The van der Waals surface area contributed by atoms with Gasteiger partial charge in [0.25, 0.3) is 17.7 Å². The van der Waals surface area contributed by atoms with E-state index >= 15 is 0 Å². The van der Waals surface area contributed by atoms with E-state index in [0.29, 0.717) is 113 Å². The number of aryl methyl sites for hydroxylation is 8. The van der Waals surface area contributed by atoms with Gasteiger partial charge in [-0.05, 0) is 186 Å². The number of carbonyl (C=O) groups is 7. The van der Waals surface area contributed by atoms with Gasteiger partial charge in [0, 0.05) is 127 Å². The Morgan fingerprint density at radius 3 is 1.70 bits per heavy atom. The summed E-state index contributed by atoms with van der Waals surface area (Å²) in [6.45, 7) is 14.0. The fourth-order valence-corrected chi connectivity index (χ4v) is 14.2. The van der Waals surface area contributed by atoms with Crippen LogP contribution < -0.4 is 30.3 Å². The number of rotatable bonds is 23. The number of amides is 6. The molecule has 8 aromatic rings. The Labute approximate surface area is 644 Å². The van der Waals surface area contributed by atoms with Crippen LogP contribution in [0.4, 0.5) is 33.2 Å². The number of piperidine rings is 2. The molecule has 0 aliphatic carbocycles. The molecule has 3 fully saturated rings. The first kappa shape index (κ1) is 81.5. The van der Waals surface area contributed by atoms with E-state index in [9.17, 15) is 33.6 Å². The molecule has 27 nitrogen and oxygen atoms in total. The summed E-state index contributed by atoms with van der Waals surface area (Å²) in [7, 11) is 7.59. The summed E-state index contributed by atoms with van der Waals surface area (Å²) in [6.07, 6.45) is 19.1. The van der Waals surface area contributed by atoms with E-state index in [-0.39, 0.29) is 86.1 Å². The summed E-state index contributed by atoms with van der Waals surface area (Å²) in [5.74, 6) is 0.285. The van der Waals surface area contributed by atoms with Gasteiger partial charge in [0.2, 0.25) is 11.8 Å². The quantitative estimate of drug-likeness (QED) is 0.0304. The highest BCUT2D eigenvalue weighted by Gasteiger charge is 2.47. The van der Waals surface area contributed by atoms with E-state index in [1.54, 1.807) is 52.8 Å². The maximum absolute atomic E-state index is 14.2. The third-order valence-electron chi connectivity index (χ3n) is 20.2. The van der Waals surface area contributed by atoms with Gasteiger partial charge in [0.15, 0.2) is 18.3 Å². The third-order valence-corrected chi connectivity index (χ3v) is 20.2. The summed E-state index contributed by atoms with van der Waals surface area (Å²) in [4.78, 5) is 136. The highest BCUT2D eigenvalue weighted by atomic mass is 16.7. The van der Waals surface area contributed by atoms with Gasteiger partial charge in [-0.1, -0.05) is 49.1 Å². The van der Waals surface area contributed by atoms with E-state index in [4.69, 9.17) is 42.9 Å². The lowest BCUT2D eigenvalue weighted by atomic mass is 10.00. The van der Waals surface area contributed by atoms with Gasteiger partial charge in [-0.2, -0.15) is 19.2 Å². The lowest BCUT2D eigenvalue weighted by Crippen LogP contribution is -2.57. The zero-order chi connectivity index (χ0) is 79.4. The molecular formula is C84H95N11O16. The van der Waals surface area contributed by atoms with Gasteiger partial charge in [-0.25, -0.2) is 9.69 Å². The van der Waals surface area contributed by atoms with Crippen LogP contribution in [0.25, 0.3) is 22.3 Å². The molecule has 4 atom stereocenters. The summed E-state index contributed by atoms with van der Waals surface area (Å²) in [5, 5.41) is 8.73. The van der Waals surface area contributed by atoms with Crippen LogP contribution in [0.1, 0.15) is 153 Å². The summed E-state index contributed by atoms with van der Waals surface area (Å²) in [6, 6.07) is 30.2. The molecule has 5 aliphatic rings. The van der Waals surface area contributed by atoms with E-state index in [1.165, 1.54) is 16.7 Å². The number of aliphatic imine (C=N–C) groups is 1. The molecular weight excluding hydrogens is 1420 g/mol. The number of hydrogen-bond donors (Lipinski definition) is 3. The van der Waals surface area contributed by atoms with Crippen molar-refractivity contribution in [1.82, 2.24) is 28.1 Å². The van der Waals surface area contributed by atoms with Crippen LogP contribution in [0, 0.1) is 27.7 Å². The minimum absolute atomic E-state index is 0.0157. The number of hydrogen-bond acceptors (Lipinski definition) is 17. The van der Waals surface area contributed by atoms with Crippen molar-refractivity contribution in [2.75, 3.05) is 60.4 Å².